The first-order chi connectivity index (χ1) is 8.53. The van der Waals surface area contributed by atoms with Crippen LogP contribution in [0.25, 0.3) is 0 Å². The highest BCUT2D eigenvalue weighted by molar-refractivity contribution is 7.87. The van der Waals surface area contributed by atoms with E-state index >= 15 is 0 Å². The minimum Gasteiger partial charge on any atom is -0.444 e. The lowest BCUT2D eigenvalue weighted by atomic mass is 10.0. The fourth-order valence-electron chi connectivity index (χ4n) is 1.54. The SMILES string of the molecule is CN(C)S(=O)(=O)NC[C@@H]1CCN1C(=O)OC(C)(C)C. The number of carbonyl (C=O) groups excluding carboxylic acids is 1. The van der Waals surface area contributed by atoms with Gasteiger partial charge >= 0.3 is 6.09 Å². The fraction of sp³-hybridized carbons (Fsp3) is 0.909. The minimum atomic E-state index is -3.45. The number of rotatable bonds is 4. The van der Waals surface area contributed by atoms with E-state index in [0.29, 0.717) is 6.54 Å². The number of hydrogen-bond donors (Lipinski definition) is 1. The molecule has 19 heavy (non-hydrogen) atoms. The van der Waals surface area contributed by atoms with E-state index < -0.39 is 21.9 Å². The molecule has 0 radical (unpaired) electrons. The number of nitrogens with one attached hydrogen (secondary N) is 1. The van der Waals surface area contributed by atoms with Gasteiger partial charge in [0.1, 0.15) is 5.60 Å². The first kappa shape index (κ1) is 16.2. The molecule has 0 bridgehead atoms. The predicted octanol–water partition coefficient (Wildman–Crippen LogP) is 0.392. The first-order valence-corrected chi connectivity index (χ1v) is 7.63. The van der Waals surface area contributed by atoms with Gasteiger partial charge in [0.15, 0.2) is 0 Å². The molecule has 1 fully saturated rings. The Balaban J connectivity index is 2.48. The second-order valence-electron chi connectivity index (χ2n) is 5.75. The third-order valence-corrected chi connectivity index (χ3v) is 4.25. The van der Waals surface area contributed by atoms with Crippen LogP contribution in [0.2, 0.25) is 0 Å². The van der Waals surface area contributed by atoms with Crippen molar-refractivity contribution in [2.75, 3.05) is 27.2 Å². The highest BCUT2D eigenvalue weighted by Gasteiger charge is 2.35. The van der Waals surface area contributed by atoms with Gasteiger partial charge in [-0.3, -0.25) is 0 Å². The van der Waals surface area contributed by atoms with Crippen molar-refractivity contribution in [2.45, 2.75) is 38.8 Å². The number of likely N-dealkylation sites (tertiary alicyclic amines) is 1. The van der Waals surface area contributed by atoms with Gasteiger partial charge in [0.25, 0.3) is 10.2 Å². The summed E-state index contributed by atoms with van der Waals surface area (Å²) in [6.45, 7) is 6.21. The van der Waals surface area contributed by atoms with Crippen molar-refractivity contribution in [3.63, 3.8) is 0 Å². The second-order valence-corrected chi connectivity index (χ2v) is 7.72. The zero-order valence-electron chi connectivity index (χ0n) is 12.1. The van der Waals surface area contributed by atoms with Gasteiger partial charge in [-0.05, 0) is 27.2 Å². The Kier molecular flexibility index (Phi) is 4.81. The normalized spacial score (nSPS) is 20.3. The summed E-state index contributed by atoms with van der Waals surface area (Å²) in [4.78, 5) is 13.4. The zero-order chi connectivity index (χ0) is 14.8. The Hall–Kier alpha value is -0.860. The smallest absolute Gasteiger partial charge is 0.410 e. The molecular weight excluding hydrogens is 270 g/mol. The molecule has 1 aliphatic rings. The van der Waals surface area contributed by atoms with Crippen molar-refractivity contribution >= 4 is 16.3 Å². The average molecular weight is 293 g/mol. The fourth-order valence-corrected chi connectivity index (χ4v) is 2.21. The maximum Gasteiger partial charge on any atom is 0.410 e. The van der Waals surface area contributed by atoms with Crippen LogP contribution in [0.5, 0.6) is 0 Å². The molecule has 0 aliphatic carbocycles. The Bertz CT molecular complexity index is 428. The van der Waals surface area contributed by atoms with Crippen molar-refractivity contribution in [2.24, 2.45) is 0 Å². The highest BCUT2D eigenvalue weighted by Crippen LogP contribution is 2.20. The van der Waals surface area contributed by atoms with Crippen LogP contribution in [0.15, 0.2) is 0 Å². The molecule has 0 unspecified atom stereocenters. The summed E-state index contributed by atoms with van der Waals surface area (Å²) in [5.41, 5.74) is -0.541. The molecule has 8 heteroatoms. The molecule has 1 rings (SSSR count). The van der Waals surface area contributed by atoms with Gasteiger partial charge in [0, 0.05) is 27.2 Å². The molecule has 1 N–H and O–H groups in total. The van der Waals surface area contributed by atoms with Crippen molar-refractivity contribution in [3.05, 3.63) is 0 Å². The Morgan fingerprint density at radius 1 is 1.42 bits per heavy atom. The largest absolute Gasteiger partial charge is 0.444 e. The van der Waals surface area contributed by atoms with Crippen LogP contribution in [0, 0.1) is 0 Å². The third kappa shape index (κ3) is 4.63. The summed E-state index contributed by atoms with van der Waals surface area (Å²) >= 11 is 0. The summed E-state index contributed by atoms with van der Waals surface area (Å²) in [7, 11) is -0.543. The van der Waals surface area contributed by atoms with E-state index in [-0.39, 0.29) is 12.6 Å². The Morgan fingerprint density at radius 3 is 2.37 bits per heavy atom. The standard InChI is InChI=1S/C11H23N3O4S/c1-11(2,3)18-10(15)14-7-6-9(14)8-12-19(16,17)13(4)5/h9,12H,6-8H2,1-5H3/t9-/m0/s1. The molecule has 7 nitrogen and oxygen atoms in total. The quantitative estimate of drug-likeness (QED) is 0.813. The van der Waals surface area contributed by atoms with E-state index in [1.54, 1.807) is 25.7 Å². The van der Waals surface area contributed by atoms with E-state index in [0.717, 1.165) is 10.7 Å². The van der Waals surface area contributed by atoms with Crippen LogP contribution in [-0.2, 0) is 14.9 Å². The topological polar surface area (TPSA) is 79.0 Å². The second kappa shape index (κ2) is 5.64. The average Bonchev–Trinajstić information content (AvgIpc) is 2.11. The van der Waals surface area contributed by atoms with Gasteiger partial charge in [-0.15, -0.1) is 0 Å². The number of amides is 1. The van der Waals surface area contributed by atoms with Crippen molar-refractivity contribution in [3.8, 4) is 0 Å². The monoisotopic (exact) mass is 293 g/mol. The number of ether oxygens (including phenoxy) is 1. The summed E-state index contributed by atoms with van der Waals surface area (Å²) in [5, 5.41) is 0. The van der Waals surface area contributed by atoms with Gasteiger partial charge in [0.2, 0.25) is 0 Å². The summed E-state index contributed by atoms with van der Waals surface area (Å²) < 4.78 is 31.9. The lowest BCUT2D eigenvalue weighted by Crippen LogP contribution is -2.57. The molecule has 1 amide bonds. The van der Waals surface area contributed by atoms with Crippen molar-refractivity contribution in [1.82, 2.24) is 13.9 Å². The van der Waals surface area contributed by atoms with Crippen LogP contribution in [0.4, 0.5) is 4.79 Å². The van der Waals surface area contributed by atoms with Crippen LogP contribution in [0.3, 0.4) is 0 Å². The van der Waals surface area contributed by atoms with Gasteiger partial charge < -0.3 is 9.64 Å². The molecule has 112 valence electrons. The molecular formula is C11H23N3O4S. The number of hydrogen-bond acceptors (Lipinski definition) is 4. The molecule has 0 saturated carbocycles. The minimum absolute atomic E-state index is 0.135. The van der Waals surface area contributed by atoms with Crippen LogP contribution < -0.4 is 4.72 Å². The molecule has 0 aromatic rings. The van der Waals surface area contributed by atoms with E-state index in [1.807, 2.05) is 0 Å². The zero-order valence-corrected chi connectivity index (χ0v) is 13.0. The van der Waals surface area contributed by atoms with Crippen molar-refractivity contribution in [1.29, 1.82) is 0 Å². The molecule has 0 aromatic heterocycles. The number of carbonyl (C=O) groups is 1. The molecule has 1 heterocycles. The summed E-state index contributed by atoms with van der Waals surface area (Å²) in [6, 6.07) is -0.135. The summed E-state index contributed by atoms with van der Waals surface area (Å²) in [6.07, 6.45) is 0.377. The highest BCUT2D eigenvalue weighted by atomic mass is 32.2. The molecule has 0 aromatic carbocycles. The van der Waals surface area contributed by atoms with E-state index in [4.69, 9.17) is 4.74 Å². The number of nitrogens with zero attached hydrogens (tertiary/aromatic N) is 2. The first-order valence-electron chi connectivity index (χ1n) is 6.19. The molecule has 1 saturated heterocycles. The van der Waals surface area contributed by atoms with E-state index in [2.05, 4.69) is 4.72 Å². The van der Waals surface area contributed by atoms with E-state index in [9.17, 15) is 13.2 Å². The molecule has 1 atom stereocenters. The maximum absolute atomic E-state index is 11.8. The van der Waals surface area contributed by atoms with Crippen LogP contribution in [-0.4, -0.2) is 62.5 Å². The van der Waals surface area contributed by atoms with Gasteiger partial charge in [0.05, 0.1) is 6.04 Å². The Morgan fingerprint density at radius 2 is 2.00 bits per heavy atom. The molecule has 0 spiro atoms. The lowest BCUT2D eigenvalue weighted by molar-refractivity contribution is -0.00412. The third-order valence-electron chi connectivity index (χ3n) is 2.75. The van der Waals surface area contributed by atoms with Gasteiger partial charge in [-0.2, -0.15) is 12.7 Å². The van der Waals surface area contributed by atoms with Gasteiger partial charge in [-0.1, -0.05) is 0 Å². The van der Waals surface area contributed by atoms with Gasteiger partial charge in [-0.25, -0.2) is 9.52 Å². The van der Waals surface area contributed by atoms with E-state index in [1.165, 1.54) is 14.1 Å². The maximum atomic E-state index is 11.8. The van der Waals surface area contributed by atoms with Crippen LogP contribution >= 0.6 is 0 Å². The lowest BCUT2D eigenvalue weighted by Gasteiger charge is -2.41. The summed E-state index contributed by atoms with van der Waals surface area (Å²) in [5.74, 6) is 0. The van der Waals surface area contributed by atoms with Crippen molar-refractivity contribution < 1.29 is 17.9 Å². The van der Waals surface area contributed by atoms with Crippen LogP contribution in [0.1, 0.15) is 27.2 Å². The predicted molar refractivity (Wildman–Crippen MR) is 72.0 cm³/mol. The molecule has 1 aliphatic heterocycles. The Labute approximate surface area is 115 Å².